The summed E-state index contributed by atoms with van der Waals surface area (Å²) in [4.78, 5) is 43.7. The molecule has 0 aromatic rings. The van der Waals surface area contributed by atoms with Crippen molar-refractivity contribution in [3.8, 4) is 0 Å². The van der Waals surface area contributed by atoms with E-state index in [0.717, 1.165) is 25.8 Å². The summed E-state index contributed by atoms with van der Waals surface area (Å²) >= 11 is 0. The molecule has 1 rings (SSSR count). The number of likely N-dealkylation sites (N-methyl/N-ethyl adjacent to an activating group) is 1. The molecule has 8 heteroatoms. The van der Waals surface area contributed by atoms with Crippen LogP contribution in [-0.2, 0) is 14.4 Å². The third-order valence-electron chi connectivity index (χ3n) is 7.31. The van der Waals surface area contributed by atoms with E-state index in [2.05, 4.69) is 29.4 Å². The zero-order valence-corrected chi connectivity index (χ0v) is 25.0. The van der Waals surface area contributed by atoms with Crippen LogP contribution in [0.1, 0.15) is 88.0 Å². The Morgan fingerprint density at radius 1 is 1.00 bits per heavy atom. The van der Waals surface area contributed by atoms with Gasteiger partial charge in [-0.15, -0.1) is 0 Å². The fourth-order valence-electron chi connectivity index (χ4n) is 5.11. The van der Waals surface area contributed by atoms with Gasteiger partial charge in [0.25, 0.3) is 0 Å². The van der Waals surface area contributed by atoms with Gasteiger partial charge in [-0.2, -0.15) is 0 Å². The highest BCUT2D eigenvalue weighted by molar-refractivity contribution is 5.93. The van der Waals surface area contributed by atoms with E-state index in [1.165, 1.54) is 0 Å². The smallest absolute Gasteiger partial charge is 0.246 e. The highest BCUT2D eigenvalue weighted by atomic mass is 16.3. The van der Waals surface area contributed by atoms with Crippen LogP contribution in [0.3, 0.4) is 0 Å². The molecule has 1 heterocycles. The second-order valence-corrected chi connectivity index (χ2v) is 12.1. The predicted molar refractivity (Wildman–Crippen MR) is 150 cm³/mol. The fourth-order valence-corrected chi connectivity index (χ4v) is 5.11. The first kappa shape index (κ1) is 33.1. The van der Waals surface area contributed by atoms with Crippen molar-refractivity contribution in [2.24, 2.45) is 17.8 Å². The van der Waals surface area contributed by atoms with E-state index in [4.69, 9.17) is 0 Å². The van der Waals surface area contributed by atoms with Crippen LogP contribution >= 0.6 is 0 Å². The van der Waals surface area contributed by atoms with Crippen molar-refractivity contribution in [3.05, 3.63) is 11.6 Å². The highest BCUT2D eigenvalue weighted by Crippen LogP contribution is 2.21. The molecular formula is C29H54N4O4. The monoisotopic (exact) mass is 522 g/mol. The Bertz CT molecular complexity index is 778. The van der Waals surface area contributed by atoms with Crippen molar-refractivity contribution in [3.63, 3.8) is 0 Å². The quantitative estimate of drug-likeness (QED) is 0.322. The van der Waals surface area contributed by atoms with Gasteiger partial charge in [0.2, 0.25) is 17.7 Å². The van der Waals surface area contributed by atoms with E-state index in [0.29, 0.717) is 17.9 Å². The standard InChI is InChI=1S/C29H54N4O4/c1-18(2)15-23(17-34)30-27(35)22(9)16-25(19(3)4)32(10)29(37)26(20(5)6)31-28(36)24-13-11-12-14-33(24)21(7)8/h16,18-21,23-26,34H,11-15,17H2,1-10H3,(H,30,35)(H,31,36)/b22-16+/t23?,24?,25-,26+/m1/s1. The number of rotatable bonds is 13. The second-order valence-electron chi connectivity index (χ2n) is 12.1. The van der Waals surface area contributed by atoms with Crippen molar-refractivity contribution >= 4 is 17.7 Å². The zero-order chi connectivity index (χ0) is 28.4. The fraction of sp³-hybridized carbons (Fsp3) is 0.828. The molecule has 2 unspecified atom stereocenters. The second kappa shape index (κ2) is 15.5. The van der Waals surface area contributed by atoms with E-state index < -0.39 is 6.04 Å². The van der Waals surface area contributed by atoms with Crippen molar-refractivity contribution in [1.82, 2.24) is 20.4 Å². The maximum absolute atomic E-state index is 13.7. The summed E-state index contributed by atoms with van der Waals surface area (Å²) in [6, 6.07) is -1.23. The van der Waals surface area contributed by atoms with Gasteiger partial charge in [0.1, 0.15) is 6.04 Å². The lowest BCUT2D eigenvalue weighted by atomic mass is 9.95. The number of amides is 3. The minimum Gasteiger partial charge on any atom is -0.394 e. The van der Waals surface area contributed by atoms with Crippen LogP contribution in [-0.4, -0.2) is 83.0 Å². The van der Waals surface area contributed by atoms with Crippen LogP contribution in [0, 0.1) is 17.8 Å². The molecule has 214 valence electrons. The molecule has 0 aliphatic carbocycles. The van der Waals surface area contributed by atoms with Crippen LogP contribution in [0.25, 0.3) is 0 Å². The summed E-state index contributed by atoms with van der Waals surface area (Å²) in [5, 5.41) is 15.6. The van der Waals surface area contributed by atoms with Gasteiger partial charge < -0.3 is 20.6 Å². The normalized spacial score (nSPS) is 19.8. The number of nitrogens with zero attached hydrogens (tertiary/aromatic N) is 2. The van der Waals surface area contributed by atoms with E-state index in [1.54, 1.807) is 18.9 Å². The van der Waals surface area contributed by atoms with Gasteiger partial charge in [-0.3, -0.25) is 19.3 Å². The summed E-state index contributed by atoms with van der Waals surface area (Å²) < 4.78 is 0. The molecule has 8 nitrogen and oxygen atoms in total. The minimum absolute atomic E-state index is 0.0549. The third-order valence-corrected chi connectivity index (χ3v) is 7.31. The Labute approximate surface area is 225 Å². The molecule has 1 saturated heterocycles. The Morgan fingerprint density at radius 3 is 2.11 bits per heavy atom. The third kappa shape index (κ3) is 10.0. The van der Waals surface area contributed by atoms with Gasteiger partial charge in [0, 0.05) is 18.7 Å². The number of likely N-dealkylation sites (tertiary alicyclic amines) is 1. The molecule has 0 saturated carbocycles. The first-order chi connectivity index (χ1) is 17.2. The Balaban J connectivity index is 3.05. The lowest BCUT2D eigenvalue weighted by Gasteiger charge is -2.39. The van der Waals surface area contributed by atoms with Gasteiger partial charge in [-0.25, -0.2) is 0 Å². The average Bonchev–Trinajstić information content (AvgIpc) is 2.83. The summed E-state index contributed by atoms with van der Waals surface area (Å²) in [6.45, 7) is 18.7. The van der Waals surface area contributed by atoms with Crippen LogP contribution in [0.15, 0.2) is 11.6 Å². The lowest BCUT2D eigenvalue weighted by Crippen LogP contribution is -2.58. The van der Waals surface area contributed by atoms with Gasteiger partial charge >= 0.3 is 0 Å². The summed E-state index contributed by atoms with van der Waals surface area (Å²) in [5.74, 6) is -0.172. The molecule has 3 N–H and O–H groups in total. The molecule has 1 aliphatic heterocycles. The molecule has 37 heavy (non-hydrogen) atoms. The number of aliphatic hydroxyl groups is 1. The summed E-state index contributed by atoms with van der Waals surface area (Å²) in [6.07, 6.45) is 5.41. The van der Waals surface area contributed by atoms with Crippen LogP contribution in [0.4, 0.5) is 0 Å². The van der Waals surface area contributed by atoms with E-state index in [-0.39, 0.29) is 60.3 Å². The lowest BCUT2D eigenvalue weighted by molar-refractivity contribution is -0.140. The molecule has 1 aliphatic rings. The van der Waals surface area contributed by atoms with Gasteiger partial charge in [0.15, 0.2) is 0 Å². The number of aliphatic hydroxyl groups excluding tert-OH is 1. The van der Waals surface area contributed by atoms with Crippen LogP contribution < -0.4 is 10.6 Å². The van der Waals surface area contributed by atoms with E-state index >= 15 is 0 Å². The Hall–Kier alpha value is -1.93. The Kier molecular flexibility index (Phi) is 13.8. The van der Waals surface area contributed by atoms with Crippen LogP contribution in [0.5, 0.6) is 0 Å². The van der Waals surface area contributed by atoms with Crippen LogP contribution in [0.2, 0.25) is 0 Å². The molecule has 0 radical (unpaired) electrons. The number of hydrogen-bond acceptors (Lipinski definition) is 5. The number of carbonyl (C=O) groups is 3. The Morgan fingerprint density at radius 2 is 1.62 bits per heavy atom. The van der Waals surface area contributed by atoms with Crippen molar-refractivity contribution in [2.45, 2.75) is 118 Å². The van der Waals surface area contributed by atoms with E-state index in [1.807, 2.05) is 47.6 Å². The number of carbonyl (C=O) groups excluding carboxylic acids is 3. The largest absolute Gasteiger partial charge is 0.394 e. The van der Waals surface area contributed by atoms with E-state index in [9.17, 15) is 19.5 Å². The van der Waals surface area contributed by atoms with Crippen molar-refractivity contribution < 1.29 is 19.5 Å². The highest BCUT2D eigenvalue weighted by Gasteiger charge is 2.36. The first-order valence-electron chi connectivity index (χ1n) is 14.1. The molecule has 3 amide bonds. The maximum atomic E-state index is 13.7. The van der Waals surface area contributed by atoms with Crippen molar-refractivity contribution in [2.75, 3.05) is 20.2 Å². The predicted octanol–water partition coefficient (Wildman–Crippen LogP) is 3.34. The summed E-state index contributed by atoms with van der Waals surface area (Å²) in [7, 11) is 1.74. The van der Waals surface area contributed by atoms with Gasteiger partial charge in [-0.1, -0.05) is 54.0 Å². The molecule has 4 atom stereocenters. The number of hydrogen-bond donors (Lipinski definition) is 3. The SMILES string of the molecule is C/C(=C\[C@H](C(C)C)N(C)C(=O)[C@@H](NC(=O)C1CCCCN1C(C)C)C(C)C)C(=O)NC(CO)CC(C)C. The molecule has 0 aromatic carbocycles. The van der Waals surface area contributed by atoms with Gasteiger partial charge in [-0.05, 0) is 64.3 Å². The molecule has 1 fully saturated rings. The minimum atomic E-state index is -0.651. The first-order valence-corrected chi connectivity index (χ1v) is 14.1. The summed E-state index contributed by atoms with van der Waals surface area (Å²) in [5.41, 5.74) is 0.500. The molecule has 0 bridgehead atoms. The van der Waals surface area contributed by atoms with Crippen molar-refractivity contribution in [1.29, 1.82) is 0 Å². The molecular weight excluding hydrogens is 468 g/mol. The maximum Gasteiger partial charge on any atom is 0.246 e. The average molecular weight is 523 g/mol. The molecule has 0 aromatic heterocycles. The molecule has 0 spiro atoms. The number of piperidine rings is 1. The topological polar surface area (TPSA) is 102 Å². The van der Waals surface area contributed by atoms with Gasteiger partial charge in [0.05, 0.1) is 24.7 Å². The zero-order valence-electron chi connectivity index (χ0n) is 25.0. The number of nitrogens with one attached hydrogen (secondary N) is 2.